The molecule has 0 aliphatic carbocycles. The molecule has 2 atom stereocenters. The fourth-order valence-electron chi connectivity index (χ4n) is 4.09. The molecule has 1 aromatic heterocycles. The van der Waals surface area contributed by atoms with Crippen molar-refractivity contribution in [2.75, 3.05) is 19.3 Å². The summed E-state index contributed by atoms with van der Waals surface area (Å²) in [7, 11) is -3.29. The molecule has 3 saturated heterocycles. The number of nitrogens with zero attached hydrogens (tertiary/aromatic N) is 1. The maximum Gasteiger partial charge on any atom is 0.251 e. The molecule has 1 N–H and O–H groups in total. The third-order valence-corrected chi connectivity index (χ3v) is 7.95. The minimum atomic E-state index is -3.29. The van der Waals surface area contributed by atoms with Gasteiger partial charge < -0.3 is 9.73 Å². The van der Waals surface area contributed by atoms with Crippen LogP contribution in [0.3, 0.4) is 0 Å². The summed E-state index contributed by atoms with van der Waals surface area (Å²) in [4.78, 5) is 15.7. The number of sulfone groups is 1. The van der Waals surface area contributed by atoms with Gasteiger partial charge in [0.1, 0.15) is 11.6 Å². The van der Waals surface area contributed by atoms with Crippen LogP contribution in [0.25, 0.3) is 0 Å². The molecule has 3 fully saturated rings. The lowest BCUT2D eigenvalue weighted by Crippen LogP contribution is -2.65. The Hall–Kier alpha value is -1.48. The second kappa shape index (κ2) is 7.74. The van der Waals surface area contributed by atoms with Gasteiger partial charge in [0.15, 0.2) is 14.9 Å². The summed E-state index contributed by atoms with van der Waals surface area (Å²) < 4.78 is 29.9. The van der Waals surface area contributed by atoms with E-state index in [1.54, 1.807) is 18.2 Å². The van der Waals surface area contributed by atoms with E-state index in [1.165, 1.54) is 24.3 Å². The second-order valence-electron chi connectivity index (χ2n) is 7.30. The van der Waals surface area contributed by atoms with Crippen molar-refractivity contribution < 1.29 is 17.6 Å². The topological polar surface area (TPSA) is 79.6 Å². The molecule has 0 radical (unpaired) electrons. The van der Waals surface area contributed by atoms with Gasteiger partial charge in [-0.25, -0.2) is 8.42 Å². The quantitative estimate of drug-likeness (QED) is 0.768. The summed E-state index contributed by atoms with van der Waals surface area (Å²) in [6.45, 7) is 1.55. The number of halogens is 1. The van der Waals surface area contributed by atoms with Crippen molar-refractivity contribution in [2.45, 2.75) is 34.2 Å². The average molecular weight is 441 g/mol. The average Bonchev–Trinajstić information content (AvgIpc) is 3.07. The molecule has 2 bridgehead atoms. The molecule has 5 rings (SSSR count). The summed E-state index contributed by atoms with van der Waals surface area (Å²) in [5.74, 6) is -0.0443. The van der Waals surface area contributed by atoms with Crippen molar-refractivity contribution in [3.8, 4) is 0 Å². The SMILES string of the molecule is CS(=O)(=O)[C@H]1[C@H](NC(=O)c2ccc(Sc3cc(Cl)co3)cc2)C2CCN1CC2. The first-order valence-corrected chi connectivity index (χ1v) is 12.2. The number of carbonyl (C=O) groups excluding carboxylic acids is 1. The molecule has 150 valence electrons. The van der Waals surface area contributed by atoms with Gasteiger partial charge in [-0.2, -0.15) is 0 Å². The molecule has 28 heavy (non-hydrogen) atoms. The lowest BCUT2D eigenvalue weighted by Gasteiger charge is -2.49. The maximum atomic E-state index is 12.8. The number of hydrogen-bond acceptors (Lipinski definition) is 6. The fraction of sp³-hybridized carbons (Fsp3) is 0.421. The first-order valence-electron chi connectivity index (χ1n) is 9.07. The van der Waals surface area contributed by atoms with Crippen LogP contribution in [-0.2, 0) is 9.84 Å². The van der Waals surface area contributed by atoms with Crippen LogP contribution in [0.4, 0.5) is 0 Å². The number of hydrogen-bond donors (Lipinski definition) is 1. The Bertz CT molecular complexity index is 966. The van der Waals surface area contributed by atoms with Crippen LogP contribution in [0.15, 0.2) is 51.0 Å². The monoisotopic (exact) mass is 440 g/mol. The number of benzene rings is 1. The summed E-state index contributed by atoms with van der Waals surface area (Å²) in [6.07, 6.45) is 4.55. The van der Waals surface area contributed by atoms with Gasteiger partial charge in [0.2, 0.25) is 0 Å². The van der Waals surface area contributed by atoms with Crippen LogP contribution >= 0.6 is 23.4 Å². The minimum absolute atomic E-state index is 0.201. The smallest absolute Gasteiger partial charge is 0.251 e. The van der Waals surface area contributed by atoms with Crippen LogP contribution in [0, 0.1) is 5.92 Å². The van der Waals surface area contributed by atoms with Gasteiger partial charge in [0.05, 0.1) is 11.1 Å². The Kier molecular flexibility index (Phi) is 5.48. The third-order valence-electron chi connectivity index (χ3n) is 5.36. The molecule has 4 heterocycles. The zero-order chi connectivity index (χ0) is 19.9. The van der Waals surface area contributed by atoms with Gasteiger partial charge in [-0.05, 0) is 56.1 Å². The molecule has 1 amide bonds. The second-order valence-corrected chi connectivity index (χ2v) is 11.0. The predicted molar refractivity (Wildman–Crippen MR) is 108 cm³/mol. The highest BCUT2D eigenvalue weighted by Crippen LogP contribution is 2.35. The van der Waals surface area contributed by atoms with E-state index in [1.807, 2.05) is 17.0 Å². The normalized spacial score (nSPS) is 26.9. The van der Waals surface area contributed by atoms with Crippen molar-refractivity contribution in [1.29, 1.82) is 0 Å². The molecule has 3 aliphatic rings. The van der Waals surface area contributed by atoms with E-state index in [9.17, 15) is 13.2 Å². The number of piperidine rings is 3. The van der Waals surface area contributed by atoms with Gasteiger partial charge in [0, 0.05) is 22.8 Å². The zero-order valence-corrected chi connectivity index (χ0v) is 17.7. The number of furan rings is 1. The summed E-state index contributed by atoms with van der Waals surface area (Å²) in [5, 5.41) is 3.57. The van der Waals surface area contributed by atoms with Gasteiger partial charge in [-0.15, -0.1) is 0 Å². The van der Waals surface area contributed by atoms with E-state index in [2.05, 4.69) is 5.32 Å². The number of amides is 1. The highest BCUT2D eigenvalue weighted by molar-refractivity contribution is 7.99. The molecule has 9 heteroatoms. The molecular weight excluding hydrogens is 420 g/mol. The van der Waals surface area contributed by atoms with E-state index in [0.29, 0.717) is 15.7 Å². The zero-order valence-electron chi connectivity index (χ0n) is 15.3. The van der Waals surface area contributed by atoms with Crippen LogP contribution in [0.2, 0.25) is 5.02 Å². The lowest BCUT2D eigenvalue weighted by molar-refractivity contribution is 0.0463. The molecule has 3 aliphatic heterocycles. The lowest BCUT2D eigenvalue weighted by atomic mass is 9.83. The Morgan fingerprint density at radius 3 is 2.50 bits per heavy atom. The Balaban J connectivity index is 1.47. The van der Waals surface area contributed by atoms with Gasteiger partial charge in [-0.1, -0.05) is 23.4 Å². The first kappa shape index (κ1) is 19.8. The summed E-state index contributed by atoms with van der Waals surface area (Å²) in [5.41, 5.74) is 0.505. The summed E-state index contributed by atoms with van der Waals surface area (Å²) in [6, 6.07) is 8.49. The van der Waals surface area contributed by atoms with Crippen LogP contribution in [-0.4, -0.2) is 50.0 Å². The standard InChI is InChI=1S/C19H21ClN2O4S2/c1-28(24,25)19-17(12-6-8-22(19)9-7-12)21-18(23)13-2-4-15(5-3-13)27-16-10-14(20)11-26-16/h2-5,10-12,17,19H,6-9H2,1H3,(H,21,23)/t17-,19+/m1/s1. The molecule has 1 aromatic carbocycles. The molecule has 0 saturated carbocycles. The molecule has 0 unspecified atom stereocenters. The molecular formula is C19H21ClN2O4S2. The third kappa shape index (κ3) is 4.10. The maximum absolute atomic E-state index is 12.8. The van der Waals surface area contributed by atoms with Crippen LogP contribution in [0.1, 0.15) is 23.2 Å². The van der Waals surface area contributed by atoms with Crippen molar-refractivity contribution in [3.63, 3.8) is 0 Å². The summed E-state index contributed by atoms with van der Waals surface area (Å²) >= 11 is 7.26. The molecule has 2 aromatic rings. The van der Waals surface area contributed by atoms with Gasteiger partial charge >= 0.3 is 0 Å². The molecule has 6 nitrogen and oxygen atoms in total. The van der Waals surface area contributed by atoms with Crippen molar-refractivity contribution >= 4 is 39.1 Å². The van der Waals surface area contributed by atoms with E-state index in [-0.39, 0.29) is 17.9 Å². The number of fused-ring (bicyclic) bond motifs is 3. The fourth-order valence-corrected chi connectivity index (χ4v) is 6.66. The highest BCUT2D eigenvalue weighted by Gasteiger charge is 2.47. The van der Waals surface area contributed by atoms with Crippen molar-refractivity contribution in [3.05, 3.63) is 47.2 Å². The van der Waals surface area contributed by atoms with Crippen molar-refractivity contribution in [1.82, 2.24) is 10.2 Å². The van der Waals surface area contributed by atoms with E-state index < -0.39 is 15.2 Å². The Morgan fingerprint density at radius 1 is 1.25 bits per heavy atom. The first-order chi connectivity index (χ1) is 13.3. The largest absolute Gasteiger partial charge is 0.456 e. The highest BCUT2D eigenvalue weighted by atomic mass is 35.5. The Labute approximate surface area is 173 Å². The van der Waals surface area contributed by atoms with E-state index in [4.69, 9.17) is 16.0 Å². The minimum Gasteiger partial charge on any atom is -0.456 e. The van der Waals surface area contributed by atoms with E-state index in [0.717, 1.165) is 30.8 Å². The van der Waals surface area contributed by atoms with Crippen LogP contribution < -0.4 is 5.32 Å². The van der Waals surface area contributed by atoms with Gasteiger partial charge in [-0.3, -0.25) is 9.69 Å². The number of nitrogens with one attached hydrogen (secondary N) is 1. The number of rotatable bonds is 5. The van der Waals surface area contributed by atoms with Gasteiger partial charge in [0.25, 0.3) is 5.91 Å². The van der Waals surface area contributed by atoms with Crippen molar-refractivity contribution in [2.24, 2.45) is 5.92 Å². The molecule has 0 spiro atoms. The van der Waals surface area contributed by atoms with Crippen LogP contribution in [0.5, 0.6) is 0 Å². The number of carbonyl (C=O) groups is 1. The predicted octanol–water partition coefficient (Wildman–Crippen LogP) is 3.28. The Morgan fingerprint density at radius 2 is 1.93 bits per heavy atom. The van der Waals surface area contributed by atoms with E-state index >= 15 is 0 Å².